The molecule has 2 aromatic rings. The van der Waals surface area contributed by atoms with Crippen LogP contribution in [0.5, 0.6) is 0 Å². The van der Waals surface area contributed by atoms with Crippen molar-refractivity contribution in [3.05, 3.63) is 48.6 Å². The fourth-order valence-corrected chi connectivity index (χ4v) is 5.95. The highest BCUT2D eigenvalue weighted by Gasteiger charge is 2.35. The summed E-state index contributed by atoms with van der Waals surface area (Å²) in [6.07, 6.45) is 13.4. The monoisotopic (exact) mass is 355 g/mol. The minimum atomic E-state index is 0.196. The first-order valence-corrected chi connectivity index (χ1v) is 10.5. The second-order valence-electron chi connectivity index (χ2n) is 6.63. The number of fused-ring (bicyclic) bond motifs is 2. The molecule has 0 N–H and O–H groups in total. The minimum Gasteiger partial charge on any atom is -0.298 e. The van der Waals surface area contributed by atoms with E-state index in [-0.39, 0.29) is 5.92 Å². The van der Waals surface area contributed by atoms with Crippen LogP contribution in [0.15, 0.2) is 52.9 Å². The number of hydrogen-bond acceptors (Lipinski definition) is 4. The van der Waals surface area contributed by atoms with Crippen LogP contribution in [0.4, 0.5) is 0 Å². The number of thioether (sulfide) groups is 1. The summed E-state index contributed by atoms with van der Waals surface area (Å²) in [5.74, 6) is 2.23. The second-order valence-corrected chi connectivity index (χ2v) is 8.88. The summed E-state index contributed by atoms with van der Waals surface area (Å²) < 4.78 is 2.21. The molecule has 2 aliphatic carbocycles. The Morgan fingerprint density at radius 2 is 2.17 bits per heavy atom. The van der Waals surface area contributed by atoms with Crippen LogP contribution < -0.4 is 0 Å². The van der Waals surface area contributed by atoms with Gasteiger partial charge in [-0.15, -0.1) is 11.3 Å². The number of ketones is 1. The van der Waals surface area contributed by atoms with E-state index in [1.165, 1.54) is 17.5 Å². The number of hydrogen-bond donors (Lipinski definition) is 0. The van der Waals surface area contributed by atoms with Crippen molar-refractivity contribution in [3.8, 4) is 0 Å². The molecule has 0 saturated heterocycles. The fraction of sp³-hybridized carbons (Fsp3) is 0.400. The molecule has 3 atom stereocenters. The van der Waals surface area contributed by atoms with Gasteiger partial charge in [0, 0.05) is 5.92 Å². The van der Waals surface area contributed by atoms with Crippen molar-refractivity contribution in [2.45, 2.75) is 30.0 Å². The smallest absolute Gasteiger partial charge is 0.151 e. The number of thiazole rings is 1. The number of benzene rings is 1. The Labute approximate surface area is 151 Å². The maximum atomic E-state index is 12.9. The highest BCUT2D eigenvalue weighted by atomic mass is 32.2. The molecule has 1 aromatic heterocycles. The van der Waals surface area contributed by atoms with E-state index in [4.69, 9.17) is 0 Å². The average Bonchev–Trinajstić information content (AvgIpc) is 2.87. The number of allylic oxidation sites excluding steroid dienone is 4. The number of nitrogens with zero attached hydrogens (tertiary/aromatic N) is 1. The molecule has 24 heavy (non-hydrogen) atoms. The zero-order chi connectivity index (χ0) is 16.4. The Hall–Kier alpha value is -1.39. The average molecular weight is 356 g/mol. The first kappa shape index (κ1) is 16.1. The van der Waals surface area contributed by atoms with Crippen molar-refractivity contribution in [2.24, 2.45) is 17.8 Å². The molecule has 0 spiro atoms. The van der Waals surface area contributed by atoms with Crippen molar-refractivity contribution in [1.82, 2.24) is 4.98 Å². The van der Waals surface area contributed by atoms with Crippen LogP contribution in [-0.2, 0) is 4.79 Å². The summed E-state index contributed by atoms with van der Waals surface area (Å²) in [5, 5.41) is 0. The van der Waals surface area contributed by atoms with Gasteiger partial charge in [-0.05, 0) is 43.2 Å². The van der Waals surface area contributed by atoms with Crippen LogP contribution in [0, 0.1) is 17.8 Å². The van der Waals surface area contributed by atoms with Crippen LogP contribution >= 0.6 is 23.1 Å². The number of aromatic nitrogens is 1. The van der Waals surface area contributed by atoms with Gasteiger partial charge in [0.2, 0.25) is 0 Å². The Balaban J connectivity index is 1.43. The van der Waals surface area contributed by atoms with Gasteiger partial charge < -0.3 is 0 Å². The van der Waals surface area contributed by atoms with Gasteiger partial charge in [0.1, 0.15) is 5.78 Å². The molecular formula is C20H21NOS2. The summed E-state index contributed by atoms with van der Waals surface area (Å²) in [5.41, 5.74) is 1.04. The van der Waals surface area contributed by atoms with E-state index >= 15 is 0 Å². The van der Waals surface area contributed by atoms with Crippen LogP contribution in [-0.4, -0.2) is 16.5 Å². The first-order valence-electron chi connectivity index (χ1n) is 8.65. The van der Waals surface area contributed by atoms with Gasteiger partial charge >= 0.3 is 0 Å². The zero-order valence-corrected chi connectivity index (χ0v) is 15.2. The Kier molecular flexibility index (Phi) is 4.86. The molecule has 0 radical (unpaired) electrons. The van der Waals surface area contributed by atoms with Crippen molar-refractivity contribution in [3.63, 3.8) is 0 Å². The maximum Gasteiger partial charge on any atom is 0.151 e. The standard InChI is InChI=1S/C20H21NOS2/c22-18(13-23-20-21-17-11-4-5-12-19(17)24-20)16-10-6-8-14-7-2-1-3-9-15(14)16/h1-5,9,11-12,14-16H,6-8,10,13H2. The first-order chi connectivity index (χ1) is 11.8. The predicted molar refractivity (Wildman–Crippen MR) is 103 cm³/mol. The lowest BCUT2D eigenvalue weighted by molar-refractivity contribution is -0.123. The number of Topliss-reactive ketones (excluding diaryl/α,β-unsaturated/α-hetero) is 1. The lowest BCUT2D eigenvalue weighted by Gasteiger charge is -2.35. The van der Waals surface area contributed by atoms with Crippen molar-refractivity contribution < 1.29 is 4.79 Å². The Morgan fingerprint density at radius 1 is 1.25 bits per heavy atom. The second kappa shape index (κ2) is 7.24. The predicted octanol–water partition coefficient (Wildman–Crippen LogP) is 5.51. The van der Waals surface area contributed by atoms with E-state index < -0.39 is 0 Å². The quantitative estimate of drug-likeness (QED) is 0.678. The highest BCUT2D eigenvalue weighted by molar-refractivity contribution is 8.01. The Morgan fingerprint density at radius 3 is 3.08 bits per heavy atom. The van der Waals surface area contributed by atoms with Crippen LogP contribution in [0.25, 0.3) is 10.2 Å². The number of carbonyl (C=O) groups excluding carboxylic acids is 1. The lowest BCUT2D eigenvalue weighted by atomic mass is 9.70. The molecule has 2 nitrogen and oxygen atoms in total. The van der Waals surface area contributed by atoms with E-state index in [1.54, 1.807) is 23.1 Å². The summed E-state index contributed by atoms with van der Waals surface area (Å²) in [6.45, 7) is 0. The van der Waals surface area contributed by atoms with E-state index in [0.29, 0.717) is 23.4 Å². The molecular weight excluding hydrogens is 334 g/mol. The van der Waals surface area contributed by atoms with Gasteiger partial charge in [0.05, 0.1) is 16.0 Å². The molecule has 4 rings (SSSR count). The molecule has 0 amide bonds. The SMILES string of the molecule is O=C(CSc1nc2ccccc2s1)C1CCCC2CC=CC=CC21. The summed E-state index contributed by atoms with van der Waals surface area (Å²) in [4.78, 5) is 17.5. The van der Waals surface area contributed by atoms with E-state index in [9.17, 15) is 4.79 Å². The van der Waals surface area contributed by atoms with Gasteiger partial charge in [-0.25, -0.2) is 4.98 Å². The lowest BCUT2D eigenvalue weighted by Crippen LogP contribution is -2.33. The van der Waals surface area contributed by atoms with Gasteiger partial charge in [-0.1, -0.05) is 54.6 Å². The molecule has 1 heterocycles. The normalized spacial score (nSPS) is 26.2. The van der Waals surface area contributed by atoms with E-state index in [0.717, 1.165) is 22.7 Å². The maximum absolute atomic E-state index is 12.9. The number of para-hydroxylation sites is 1. The van der Waals surface area contributed by atoms with Gasteiger partial charge in [0.15, 0.2) is 4.34 Å². The molecule has 124 valence electrons. The van der Waals surface area contributed by atoms with Crippen molar-refractivity contribution in [1.29, 1.82) is 0 Å². The van der Waals surface area contributed by atoms with Crippen LogP contribution in [0.2, 0.25) is 0 Å². The zero-order valence-electron chi connectivity index (χ0n) is 13.6. The molecule has 2 aliphatic rings. The molecule has 0 aliphatic heterocycles. The molecule has 0 bridgehead atoms. The van der Waals surface area contributed by atoms with Gasteiger partial charge in [-0.2, -0.15) is 0 Å². The Bertz CT molecular complexity index is 759. The largest absolute Gasteiger partial charge is 0.298 e. The van der Waals surface area contributed by atoms with E-state index in [1.807, 2.05) is 18.2 Å². The highest BCUT2D eigenvalue weighted by Crippen LogP contribution is 2.40. The summed E-state index contributed by atoms with van der Waals surface area (Å²) >= 11 is 3.30. The number of carbonyl (C=O) groups is 1. The number of rotatable bonds is 4. The van der Waals surface area contributed by atoms with Crippen molar-refractivity contribution >= 4 is 39.1 Å². The summed E-state index contributed by atoms with van der Waals surface area (Å²) in [7, 11) is 0. The molecule has 1 fully saturated rings. The third kappa shape index (κ3) is 3.35. The van der Waals surface area contributed by atoms with Gasteiger partial charge in [-0.3, -0.25) is 4.79 Å². The molecule has 1 aromatic carbocycles. The molecule has 4 heteroatoms. The molecule has 3 unspecified atom stereocenters. The third-order valence-corrected chi connectivity index (χ3v) is 7.35. The topological polar surface area (TPSA) is 30.0 Å². The molecule has 1 saturated carbocycles. The van der Waals surface area contributed by atoms with Crippen LogP contribution in [0.3, 0.4) is 0 Å². The summed E-state index contributed by atoms with van der Waals surface area (Å²) in [6, 6.07) is 8.17. The minimum absolute atomic E-state index is 0.196. The third-order valence-electron chi connectivity index (χ3n) is 5.14. The van der Waals surface area contributed by atoms with E-state index in [2.05, 4.69) is 35.4 Å². The van der Waals surface area contributed by atoms with Crippen molar-refractivity contribution in [2.75, 3.05) is 5.75 Å². The fourth-order valence-electron chi connectivity index (χ4n) is 3.93. The van der Waals surface area contributed by atoms with Crippen LogP contribution in [0.1, 0.15) is 25.7 Å². The van der Waals surface area contributed by atoms with Gasteiger partial charge in [0.25, 0.3) is 0 Å².